The molecule has 0 aromatic rings. The minimum Gasteiger partial charge on any atom is -0.460 e. The topological polar surface area (TPSA) is 61.8 Å². The van der Waals surface area contributed by atoms with Crippen LogP contribution < -0.4 is 0 Å². The van der Waals surface area contributed by atoms with Crippen molar-refractivity contribution >= 4 is 12.3 Å². The van der Waals surface area contributed by atoms with Gasteiger partial charge in [-0.2, -0.15) is 0 Å². The van der Waals surface area contributed by atoms with Crippen LogP contribution in [0.1, 0.15) is 53.9 Å². The van der Waals surface area contributed by atoms with Crippen molar-refractivity contribution in [2.24, 2.45) is 0 Å². The largest absolute Gasteiger partial charge is 0.460 e. The van der Waals surface area contributed by atoms with Crippen molar-refractivity contribution in [2.45, 2.75) is 77.5 Å². The zero-order chi connectivity index (χ0) is 14.7. The number of hydrogen-bond acceptors (Lipinski definition) is 5. The Morgan fingerprint density at radius 3 is 2.42 bits per heavy atom. The second-order valence-electron chi connectivity index (χ2n) is 6.31. The van der Waals surface area contributed by atoms with Gasteiger partial charge in [-0.25, -0.2) is 0 Å². The van der Waals surface area contributed by atoms with Crippen LogP contribution in [-0.4, -0.2) is 35.9 Å². The number of carbonyl (C=O) groups is 2. The molecule has 5 nitrogen and oxygen atoms in total. The molecule has 1 saturated heterocycles. The molecule has 5 heteroatoms. The van der Waals surface area contributed by atoms with E-state index in [2.05, 4.69) is 0 Å². The number of carbonyl (C=O) groups excluding carboxylic acids is 2. The van der Waals surface area contributed by atoms with Gasteiger partial charge in [0.05, 0.1) is 18.6 Å². The maximum Gasteiger partial charge on any atom is 0.308 e. The number of hydrogen-bond donors (Lipinski definition) is 0. The van der Waals surface area contributed by atoms with Crippen molar-refractivity contribution in [3.63, 3.8) is 0 Å². The third-order valence-corrected chi connectivity index (χ3v) is 2.60. The number of ether oxygens (including phenoxy) is 3. The first-order chi connectivity index (χ1) is 8.61. The van der Waals surface area contributed by atoms with Gasteiger partial charge in [0.2, 0.25) is 0 Å². The molecule has 1 fully saturated rings. The highest BCUT2D eigenvalue weighted by Crippen LogP contribution is 2.29. The van der Waals surface area contributed by atoms with Crippen molar-refractivity contribution in [2.75, 3.05) is 0 Å². The highest BCUT2D eigenvalue weighted by molar-refractivity contribution is 5.70. The monoisotopic (exact) mass is 272 g/mol. The Balaban J connectivity index is 2.57. The van der Waals surface area contributed by atoms with Crippen LogP contribution in [0.25, 0.3) is 0 Å². The summed E-state index contributed by atoms with van der Waals surface area (Å²) in [7, 11) is 0. The molecule has 0 unspecified atom stereocenters. The van der Waals surface area contributed by atoms with Crippen LogP contribution in [0.15, 0.2) is 0 Å². The van der Waals surface area contributed by atoms with E-state index in [4.69, 9.17) is 14.2 Å². The Morgan fingerprint density at radius 2 is 1.89 bits per heavy atom. The van der Waals surface area contributed by atoms with Crippen molar-refractivity contribution in [1.29, 1.82) is 0 Å². The Morgan fingerprint density at radius 1 is 1.32 bits per heavy atom. The Hall–Kier alpha value is -0.940. The first-order valence-corrected chi connectivity index (χ1v) is 6.62. The molecule has 1 aliphatic heterocycles. The van der Waals surface area contributed by atoms with Crippen molar-refractivity contribution in [3.8, 4) is 0 Å². The first kappa shape index (κ1) is 16.1. The van der Waals surface area contributed by atoms with Crippen LogP contribution >= 0.6 is 0 Å². The van der Waals surface area contributed by atoms with E-state index in [1.165, 1.54) is 0 Å². The van der Waals surface area contributed by atoms with E-state index < -0.39 is 11.4 Å². The second-order valence-corrected chi connectivity index (χ2v) is 6.31. The van der Waals surface area contributed by atoms with Gasteiger partial charge < -0.3 is 19.0 Å². The van der Waals surface area contributed by atoms with Gasteiger partial charge in [0.25, 0.3) is 0 Å². The van der Waals surface area contributed by atoms with Crippen LogP contribution in [-0.2, 0) is 23.8 Å². The van der Waals surface area contributed by atoms with E-state index in [-0.39, 0.29) is 24.6 Å². The quantitative estimate of drug-likeness (QED) is 0.580. The molecule has 0 aromatic carbocycles. The molecule has 0 aromatic heterocycles. The summed E-state index contributed by atoms with van der Waals surface area (Å²) in [6, 6.07) is 0. The number of esters is 1. The van der Waals surface area contributed by atoms with E-state index in [0.29, 0.717) is 12.8 Å². The van der Waals surface area contributed by atoms with Gasteiger partial charge in [-0.1, -0.05) is 0 Å². The molecule has 1 rings (SSSR count). The van der Waals surface area contributed by atoms with Crippen LogP contribution in [0, 0.1) is 0 Å². The molecular formula is C14H24O5. The molecule has 0 amide bonds. The van der Waals surface area contributed by atoms with E-state index >= 15 is 0 Å². The molecular weight excluding hydrogens is 248 g/mol. The van der Waals surface area contributed by atoms with Crippen LogP contribution in [0.4, 0.5) is 0 Å². The van der Waals surface area contributed by atoms with Gasteiger partial charge in [-0.15, -0.1) is 0 Å². The van der Waals surface area contributed by atoms with Gasteiger partial charge in [0.1, 0.15) is 11.9 Å². The summed E-state index contributed by atoms with van der Waals surface area (Å²) in [4.78, 5) is 22.4. The van der Waals surface area contributed by atoms with E-state index in [9.17, 15) is 9.59 Å². The van der Waals surface area contributed by atoms with Crippen molar-refractivity contribution in [1.82, 2.24) is 0 Å². The Kier molecular flexibility index (Phi) is 5.10. The van der Waals surface area contributed by atoms with E-state index in [0.717, 1.165) is 6.29 Å². The van der Waals surface area contributed by atoms with Gasteiger partial charge in [-0.3, -0.25) is 4.79 Å². The zero-order valence-corrected chi connectivity index (χ0v) is 12.4. The molecule has 19 heavy (non-hydrogen) atoms. The standard InChI is InChI=1S/C14H24O5/c1-13(2,3)19-12(16)9-11-8-10(6-7-15)17-14(4,5)18-11/h7,10-11H,6,8-9H2,1-5H3/t10-,11-/m1/s1. The fourth-order valence-electron chi connectivity index (χ4n) is 2.17. The minimum atomic E-state index is -0.779. The Labute approximate surface area is 114 Å². The van der Waals surface area contributed by atoms with Gasteiger partial charge in [0, 0.05) is 12.8 Å². The lowest BCUT2D eigenvalue weighted by molar-refractivity contribution is -0.299. The average Bonchev–Trinajstić information content (AvgIpc) is 2.10. The minimum absolute atomic E-state index is 0.180. The highest BCUT2D eigenvalue weighted by Gasteiger charge is 2.36. The average molecular weight is 272 g/mol. The summed E-state index contributed by atoms with van der Waals surface area (Å²) < 4.78 is 16.6. The lowest BCUT2D eigenvalue weighted by Gasteiger charge is -2.40. The van der Waals surface area contributed by atoms with Crippen LogP contribution in [0.2, 0.25) is 0 Å². The predicted octanol–water partition coefficient (Wildman–Crippen LogP) is 2.22. The van der Waals surface area contributed by atoms with E-state index in [1.807, 2.05) is 20.8 Å². The highest BCUT2D eigenvalue weighted by atomic mass is 16.7. The van der Waals surface area contributed by atoms with E-state index in [1.54, 1.807) is 13.8 Å². The molecule has 0 spiro atoms. The van der Waals surface area contributed by atoms with Crippen LogP contribution in [0.5, 0.6) is 0 Å². The number of rotatable bonds is 4. The summed E-state index contributed by atoms with van der Waals surface area (Å²) in [6.45, 7) is 9.05. The summed E-state index contributed by atoms with van der Waals surface area (Å²) >= 11 is 0. The third kappa shape index (κ3) is 6.16. The Bertz CT molecular complexity index is 329. The smallest absolute Gasteiger partial charge is 0.308 e. The molecule has 0 N–H and O–H groups in total. The summed E-state index contributed by atoms with van der Waals surface area (Å²) in [5, 5.41) is 0. The van der Waals surface area contributed by atoms with Crippen molar-refractivity contribution in [3.05, 3.63) is 0 Å². The summed E-state index contributed by atoms with van der Waals surface area (Å²) in [6.07, 6.45) is 1.38. The lowest BCUT2D eigenvalue weighted by atomic mass is 10.0. The molecule has 0 saturated carbocycles. The maximum atomic E-state index is 11.8. The summed E-state index contributed by atoms with van der Waals surface area (Å²) in [5.74, 6) is -1.07. The molecule has 110 valence electrons. The zero-order valence-electron chi connectivity index (χ0n) is 12.4. The first-order valence-electron chi connectivity index (χ1n) is 6.62. The van der Waals surface area contributed by atoms with Crippen molar-refractivity contribution < 1.29 is 23.8 Å². The number of aldehydes is 1. The SMILES string of the molecule is CC(C)(C)OC(=O)C[C@H]1C[C@@H](CC=O)OC(C)(C)O1. The van der Waals surface area contributed by atoms with Gasteiger partial charge in [-0.05, 0) is 34.6 Å². The van der Waals surface area contributed by atoms with Gasteiger partial charge >= 0.3 is 5.97 Å². The second kappa shape index (κ2) is 6.01. The molecule has 1 heterocycles. The molecule has 0 bridgehead atoms. The summed E-state index contributed by atoms with van der Waals surface area (Å²) in [5.41, 5.74) is -0.500. The fraction of sp³-hybridized carbons (Fsp3) is 0.857. The van der Waals surface area contributed by atoms with Gasteiger partial charge in [0.15, 0.2) is 5.79 Å². The normalized spacial score (nSPS) is 26.8. The molecule has 0 aliphatic carbocycles. The fourth-order valence-corrected chi connectivity index (χ4v) is 2.17. The predicted molar refractivity (Wildman–Crippen MR) is 69.6 cm³/mol. The molecule has 1 aliphatic rings. The molecule has 2 atom stereocenters. The lowest BCUT2D eigenvalue weighted by Crippen LogP contribution is -2.45. The maximum absolute atomic E-state index is 11.8. The third-order valence-electron chi connectivity index (χ3n) is 2.60. The van der Waals surface area contributed by atoms with Crippen LogP contribution in [0.3, 0.4) is 0 Å². The molecule has 0 radical (unpaired) electrons.